The van der Waals surface area contributed by atoms with Gasteiger partial charge in [-0.2, -0.15) is 0 Å². The molecule has 0 amide bonds. The van der Waals surface area contributed by atoms with Crippen LogP contribution in [0.2, 0.25) is 0 Å². The third-order valence-corrected chi connectivity index (χ3v) is 11.0. The van der Waals surface area contributed by atoms with Gasteiger partial charge < -0.3 is 9.13 Å². The van der Waals surface area contributed by atoms with Crippen LogP contribution in [0.4, 0.5) is 0 Å². The number of fused-ring (bicyclic) bond motifs is 9. The minimum Gasteiger partial charge on any atom is -0.327 e. The second-order valence-corrected chi connectivity index (χ2v) is 13.3. The SMILES string of the molecule is C1=CCCC(n2c3ccccc3c3ccc(C4(NCn5c6c(c7ccccc75)C5C=CC=CC5C=C6)NC5C=CC=CC54)cc32)=C1. The maximum Gasteiger partial charge on any atom is 0.105 e. The fourth-order valence-electron chi connectivity index (χ4n) is 8.82. The van der Waals surface area contributed by atoms with Crippen molar-refractivity contribution in [2.45, 2.75) is 37.1 Å². The minimum absolute atomic E-state index is 0.300. The standard InChI is InChI=1S/C42H36N4/c1-2-13-30(14-3-1)46-38-21-11-6-16-32(38)33-24-23-29(26-40(33)46)42(35-18-8-9-19-36(35)44-42)43-27-45-37-20-10-7-17-34(37)41-31-15-5-4-12-28(31)22-25-39(41)45/h1-2,4-13,15-26,28,31,35-36,43-44H,3,14,27H2. The zero-order chi connectivity index (χ0) is 30.2. The summed E-state index contributed by atoms with van der Waals surface area (Å²) in [7, 11) is 0. The molecule has 5 aliphatic rings. The highest BCUT2D eigenvalue weighted by Crippen LogP contribution is 2.46. The highest BCUT2D eigenvalue weighted by molar-refractivity contribution is 6.10. The van der Waals surface area contributed by atoms with Gasteiger partial charge in [-0.15, -0.1) is 0 Å². The molecule has 2 aromatic heterocycles. The molecule has 0 saturated carbocycles. The molecule has 1 aliphatic heterocycles. The second-order valence-electron chi connectivity index (χ2n) is 13.3. The molecule has 5 aromatic rings. The van der Waals surface area contributed by atoms with Crippen molar-refractivity contribution in [1.82, 2.24) is 19.8 Å². The van der Waals surface area contributed by atoms with Crippen molar-refractivity contribution in [3.05, 3.63) is 156 Å². The molecule has 1 fully saturated rings. The van der Waals surface area contributed by atoms with Gasteiger partial charge in [0.05, 0.1) is 17.7 Å². The molecule has 0 bridgehead atoms. The second kappa shape index (κ2) is 10.1. The first-order valence-electron chi connectivity index (χ1n) is 16.7. The molecule has 1 saturated heterocycles. The number of rotatable bonds is 5. The van der Waals surface area contributed by atoms with Crippen molar-refractivity contribution in [3.63, 3.8) is 0 Å². The van der Waals surface area contributed by atoms with E-state index in [1.165, 1.54) is 55.2 Å². The summed E-state index contributed by atoms with van der Waals surface area (Å²) in [6.45, 7) is 0.696. The van der Waals surface area contributed by atoms with Crippen LogP contribution in [0.5, 0.6) is 0 Å². The Labute approximate surface area is 269 Å². The third kappa shape index (κ3) is 3.69. The van der Waals surface area contributed by atoms with E-state index in [1.807, 2.05) is 0 Å². The summed E-state index contributed by atoms with van der Waals surface area (Å²) in [5, 5.41) is 12.1. The van der Waals surface area contributed by atoms with E-state index in [-0.39, 0.29) is 0 Å². The molecular formula is C42H36N4. The van der Waals surface area contributed by atoms with Gasteiger partial charge in [0.1, 0.15) is 5.66 Å². The van der Waals surface area contributed by atoms with Gasteiger partial charge in [0.15, 0.2) is 0 Å². The molecule has 3 heterocycles. The van der Waals surface area contributed by atoms with Gasteiger partial charge in [0.25, 0.3) is 0 Å². The van der Waals surface area contributed by atoms with Crippen molar-refractivity contribution in [1.29, 1.82) is 0 Å². The van der Waals surface area contributed by atoms with Gasteiger partial charge in [0.2, 0.25) is 0 Å². The van der Waals surface area contributed by atoms with Gasteiger partial charge >= 0.3 is 0 Å². The summed E-state index contributed by atoms with van der Waals surface area (Å²) >= 11 is 0. The van der Waals surface area contributed by atoms with Gasteiger partial charge in [-0.05, 0) is 54.3 Å². The zero-order valence-corrected chi connectivity index (χ0v) is 25.7. The summed E-state index contributed by atoms with van der Waals surface area (Å²) in [5.41, 5.74) is 8.82. The average Bonchev–Trinajstić information content (AvgIpc) is 3.62. The molecule has 0 spiro atoms. The van der Waals surface area contributed by atoms with E-state index in [0.29, 0.717) is 30.5 Å². The fraction of sp³-hybridized carbons (Fsp3) is 0.190. The molecule has 224 valence electrons. The van der Waals surface area contributed by atoms with Crippen molar-refractivity contribution in [2.75, 3.05) is 0 Å². The van der Waals surface area contributed by atoms with Crippen LogP contribution in [0.1, 0.15) is 35.6 Å². The van der Waals surface area contributed by atoms with E-state index < -0.39 is 5.66 Å². The number of aromatic nitrogens is 2. The number of nitrogens with zero attached hydrogens (tertiary/aromatic N) is 2. The lowest BCUT2D eigenvalue weighted by Gasteiger charge is -2.56. The normalized spacial score (nSPS) is 27.2. The largest absolute Gasteiger partial charge is 0.327 e. The molecular weight excluding hydrogens is 560 g/mol. The summed E-state index contributed by atoms with van der Waals surface area (Å²) in [5.74, 6) is 1.09. The van der Waals surface area contributed by atoms with Crippen LogP contribution >= 0.6 is 0 Å². The Morgan fingerprint density at radius 2 is 1.57 bits per heavy atom. The van der Waals surface area contributed by atoms with Crippen LogP contribution in [0.15, 0.2) is 140 Å². The molecule has 5 atom stereocenters. The lowest BCUT2D eigenvalue weighted by Crippen LogP contribution is -2.74. The fourth-order valence-corrected chi connectivity index (χ4v) is 8.82. The van der Waals surface area contributed by atoms with Crippen LogP contribution in [0.25, 0.3) is 44.5 Å². The van der Waals surface area contributed by atoms with Gasteiger partial charge in [-0.1, -0.05) is 115 Å². The summed E-state index contributed by atoms with van der Waals surface area (Å²) in [4.78, 5) is 0. The highest BCUT2D eigenvalue weighted by Gasteiger charge is 2.53. The Kier molecular flexibility index (Phi) is 5.75. The predicted octanol–water partition coefficient (Wildman–Crippen LogP) is 8.91. The quantitative estimate of drug-likeness (QED) is 0.212. The topological polar surface area (TPSA) is 33.9 Å². The van der Waals surface area contributed by atoms with Crippen LogP contribution in [-0.2, 0) is 12.3 Å². The maximum atomic E-state index is 4.13. The van der Waals surface area contributed by atoms with Crippen molar-refractivity contribution < 1.29 is 0 Å². The van der Waals surface area contributed by atoms with E-state index in [2.05, 4.69) is 165 Å². The van der Waals surface area contributed by atoms with Gasteiger partial charge in [-0.3, -0.25) is 10.6 Å². The number of para-hydroxylation sites is 2. The molecule has 4 aliphatic carbocycles. The molecule has 3 aromatic carbocycles. The van der Waals surface area contributed by atoms with E-state index in [9.17, 15) is 0 Å². The van der Waals surface area contributed by atoms with Crippen molar-refractivity contribution in [3.8, 4) is 0 Å². The number of nitrogens with one attached hydrogen (secondary N) is 2. The molecule has 46 heavy (non-hydrogen) atoms. The first-order valence-corrected chi connectivity index (χ1v) is 16.7. The Hall–Kier alpha value is -4.90. The van der Waals surface area contributed by atoms with Crippen LogP contribution in [0, 0.1) is 11.8 Å². The van der Waals surface area contributed by atoms with Crippen molar-refractivity contribution in [2.24, 2.45) is 11.8 Å². The average molecular weight is 597 g/mol. The zero-order valence-electron chi connectivity index (χ0n) is 25.7. The smallest absolute Gasteiger partial charge is 0.105 e. The Balaban J connectivity index is 1.11. The summed E-state index contributed by atoms with van der Waals surface area (Å²) < 4.78 is 5.00. The van der Waals surface area contributed by atoms with Crippen LogP contribution < -0.4 is 10.6 Å². The van der Waals surface area contributed by atoms with E-state index in [1.54, 1.807) is 0 Å². The Morgan fingerprint density at radius 3 is 2.46 bits per heavy atom. The number of hydrogen-bond acceptors (Lipinski definition) is 2. The molecule has 4 nitrogen and oxygen atoms in total. The summed E-state index contributed by atoms with van der Waals surface area (Å²) in [6, 6.07) is 25.3. The van der Waals surface area contributed by atoms with E-state index in [4.69, 9.17) is 0 Å². The molecule has 0 radical (unpaired) electrons. The van der Waals surface area contributed by atoms with Crippen molar-refractivity contribution >= 4 is 44.5 Å². The van der Waals surface area contributed by atoms with Crippen LogP contribution in [-0.4, -0.2) is 15.2 Å². The Morgan fingerprint density at radius 1 is 0.761 bits per heavy atom. The minimum atomic E-state index is -0.408. The first kappa shape index (κ1) is 26.3. The highest BCUT2D eigenvalue weighted by atomic mass is 15.3. The maximum absolute atomic E-state index is 4.13. The van der Waals surface area contributed by atoms with Gasteiger partial charge in [0, 0.05) is 56.9 Å². The number of allylic oxidation sites excluding steroid dienone is 11. The monoisotopic (exact) mass is 596 g/mol. The molecule has 4 heteroatoms. The third-order valence-electron chi connectivity index (χ3n) is 11.0. The number of benzene rings is 3. The van der Waals surface area contributed by atoms with Gasteiger partial charge in [-0.25, -0.2) is 0 Å². The molecule has 2 N–H and O–H groups in total. The lowest BCUT2D eigenvalue weighted by atomic mass is 9.70. The molecule has 5 unspecified atom stereocenters. The lowest BCUT2D eigenvalue weighted by molar-refractivity contribution is 0.0444. The number of hydrogen-bond donors (Lipinski definition) is 2. The first-order chi connectivity index (χ1) is 22.8. The van der Waals surface area contributed by atoms with Crippen LogP contribution in [0.3, 0.4) is 0 Å². The summed E-state index contributed by atoms with van der Waals surface area (Å²) in [6.07, 6.45) is 31.8. The Bertz CT molecular complexity index is 2280. The molecule has 10 rings (SSSR count). The van der Waals surface area contributed by atoms with E-state index in [0.717, 1.165) is 12.8 Å². The predicted molar refractivity (Wildman–Crippen MR) is 191 cm³/mol. The van der Waals surface area contributed by atoms with E-state index >= 15 is 0 Å².